The van der Waals surface area contributed by atoms with Crippen molar-refractivity contribution in [2.75, 3.05) is 13.2 Å². The molecular formula is C23H30N2O7. The van der Waals surface area contributed by atoms with Crippen LogP contribution in [0.2, 0.25) is 0 Å². The van der Waals surface area contributed by atoms with E-state index in [1.807, 2.05) is 6.92 Å². The highest BCUT2D eigenvalue weighted by Crippen LogP contribution is 2.23. The Morgan fingerprint density at radius 1 is 1.16 bits per heavy atom. The number of carboxylic acids is 1. The number of carboxylic acid groups (broad SMARTS) is 1. The first-order valence-electron chi connectivity index (χ1n) is 10.7. The molecule has 0 unspecified atom stereocenters. The van der Waals surface area contributed by atoms with Crippen molar-refractivity contribution in [1.82, 2.24) is 10.6 Å². The number of aliphatic carboxylic acids is 1. The third kappa shape index (κ3) is 7.11. The second-order valence-corrected chi connectivity index (χ2v) is 7.69. The van der Waals surface area contributed by atoms with E-state index in [0.717, 1.165) is 30.2 Å². The first-order chi connectivity index (χ1) is 15.2. The van der Waals surface area contributed by atoms with Gasteiger partial charge in [-0.15, -0.1) is 0 Å². The highest BCUT2D eigenvalue weighted by atomic mass is 16.5. The number of carbonyl (C=O) groups excluding carboxylic acids is 2. The number of rotatable bonds is 12. The Bertz CT molecular complexity index is 1020. The molecule has 1 heterocycles. The Morgan fingerprint density at radius 3 is 2.56 bits per heavy atom. The van der Waals surface area contributed by atoms with Crippen molar-refractivity contribution in [3.8, 4) is 5.75 Å². The second kappa shape index (κ2) is 11.9. The molecule has 0 aliphatic carbocycles. The van der Waals surface area contributed by atoms with Crippen LogP contribution in [-0.2, 0) is 20.8 Å². The van der Waals surface area contributed by atoms with Crippen LogP contribution < -0.4 is 21.0 Å². The maximum absolute atomic E-state index is 12.0. The van der Waals surface area contributed by atoms with Crippen molar-refractivity contribution >= 4 is 28.8 Å². The second-order valence-electron chi connectivity index (χ2n) is 7.69. The zero-order valence-corrected chi connectivity index (χ0v) is 18.6. The van der Waals surface area contributed by atoms with Gasteiger partial charge in [0.2, 0.25) is 5.91 Å². The fourth-order valence-corrected chi connectivity index (χ4v) is 3.16. The highest BCUT2D eigenvalue weighted by molar-refractivity contribution is 5.88. The van der Waals surface area contributed by atoms with Crippen LogP contribution in [0.5, 0.6) is 5.75 Å². The third-order valence-corrected chi connectivity index (χ3v) is 5.21. The first kappa shape index (κ1) is 24.9. The molecule has 2 aromatic rings. The summed E-state index contributed by atoms with van der Waals surface area (Å²) in [6, 6.07) is 5.49. The minimum absolute atomic E-state index is 0.245. The fraction of sp³-hybridized carbons (Fsp3) is 0.478. The summed E-state index contributed by atoms with van der Waals surface area (Å²) in [5.74, 6) is -2.17. The van der Waals surface area contributed by atoms with Gasteiger partial charge in [-0.25, -0.2) is 9.59 Å². The van der Waals surface area contributed by atoms with Gasteiger partial charge in [0.05, 0.1) is 6.54 Å². The van der Waals surface area contributed by atoms with Crippen LogP contribution in [-0.4, -0.2) is 42.1 Å². The van der Waals surface area contributed by atoms with Crippen molar-refractivity contribution in [2.24, 2.45) is 5.92 Å². The molecule has 1 aromatic carbocycles. The van der Waals surface area contributed by atoms with Gasteiger partial charge in [0.25, 0.3) is 5.91 Å². The summed E-state index contributed by atoms with van der Waals surface area (Å²) in [5.41, 5.74) is 0.845. The molecule has 0 aliphatic rings. The van der Waals surface area contributed by atoms with E-state index in [1.54, 1.807) is 25.1 Å². The Hall–Kier alpha value is -3.36. The Balaban J connectivity index is 1.91. The lowest BCUT2D eigenvalue weighted by molar-refractivity contribution is -0.143. The summed E-state index contributed by atoms with van der Waals surface area (Å²) in [6.45, 7) is 4.91. The summed E-state index contributed by atoms with van der Waals surface area (Å²) >= 11 is 0. The monoisotopic (exact) mass is 446 g/mol. The maximum atomic E-state index is 12.0. The van der Waals surface area contributed by atoms with E-state index in [-0.39, 0.29) is 19.1 Å². The number of unbranched alkanes of at least 4 members (excludes halogenated alkanes) is 1. The van der Waals surface area contributed by atoms with Gasteiger partial charge >= 0.3 is 11.6 Å². The van der Waals surface area contributed by atoms with E-state index in [9.17, 15) is 24.3 Å². The lowest BCUT2D eigenvalue weighted by atomic mass is 9.99. The van der Waals surface area contributed by atoms with E-state index < -0.39 is 29.5 Å². The molecule has 0 spiro atoms. The van der Waals surface area contributed by atoms with Crippen molar-refractivity contribution < 1.29 is 28.6 Å². The molecule has 32 heavy (non-hydrogen) atoms. The molecule has 2 rings (SSSR count). The van der Waals surface area contributed by atoms with Gasteiger partial charge in [0.15, 0.2) is 6.61 Å². The van der Waals surface area contributed by atoms with Gasteiger partial charge in [0, 0.05) is 17.5 Å². The molecule has 0 radical (unpaired) electrons. The van der Waals surface area contributed by atoms with E-state index >= 15 is 0 Å². The predicted molar refractivity (Wildman–Crippen MR) is 119 cm³/mol. The molecule has 0 saturated carbocycles. The minimum Gasteiger partial charge on any atom is -0.484 e. The number of hydrogen-bond acceptors (Lipinski definition) is 6. The molecule has 2 atom stereocenters. The quantitative estimate of drug-likeness (QED) is 0.426. The zero-order chi connectivity index (χ0) is 23.7. The summed E-state index contributed by atoms with van der Waals surface area (Å²) < 4.78 is 10.7. The topological polar surface area (TPSA) is 135 Å². The van der Waals surface area contributed by atoms with Crippen molar-refractivity contribution in [1.29, 1.82) is 0 Å². The van der Waals surface area contributed by atoms with Crippen LogP contribution in [0.25, 0.3) is 11.0 Å². The summed E-state index contributed by atoms with van der Waals surface area (Å²) in [5, 5.41) is 14.8. The molecule has 9 nitrogen and oxygen atoms in total. The third-order valence-electron chi connectivity index (χ3n) is 5.21. The molecule has 3 N–H and O–H groups in total. The summed E-state index contributed by atoms with van der Waals surface area (Å²) in [7, 11) is 0. The maximum Gasteiger partial charge on any atom is 0.336 e. The number of nitrogens with one attached hydrogen (secondary N) is 2. The standard InChI is InChI=1S/C23H30N2O7/c1-4-6-7-15-10-21(28)32-18-11-16(8-9-17(15)18)31-13-20(27)24-12-19(26)25-22(23(29)30)14(3)5-2/h8-11,14,22H,4-7,12-13H2,1-3H3,(H,24,27)(H,25,26)(H,29,30)/t14-,22+/m1/s1. The Labute approximate surface area is 186 Å². The average Bonchev–Trinajstić information content (AvgIpc) is 2.77. The minimum atomic E-state index is -1.12. The SMILES string of the molecule is CCCCc1cc(=O)oc2cc(OCC(=O)NCC(=O)N[C@H](C(=O)O)[C@H](C)CC)ccc12. The zero-order valence-electron chi connectivity index (χ0n) is 18.6. The number of amides is 2. The van der Waals surface area contributed by atoms with Crippen LogP contribution >= 0.6 is 0 Å². The smallest absolute Gasteiger partial charge is 0.336 e. The van der Waals surface area contributed by atoms with E-state index in [4.69, 9.17) is 9.15 Å². The molecule has 0 saturated heterocycles. The molecule has 0 fully saturated rings. The number of aryl methyl sites for hydroxylation is 1. The lowest BCUT2D eigenvalue weighted by Gasteiger charge is -2.20. The summed E-state index contributed by atoms with van der Waals surface area (Å²) in [4.78, 5) is 47.1. The van der Waals surface area contributed by atoms with Crippen LogP contribution in [0, 0.1) is 5.92 Å². The van der Waals surface area contributed by atoms with Gasteiger partial charge in [0.1, 0.15) is 17.4 Å². The Kier molecular flexibility index (Phi) is 9.24. The van der Waals surface area contributed by atoms with E-state index in [1.165, 1.54) is 6.07 Å². The Morgan fingerprint density at radius 2 is 1.91 bits per heavy atom. The molecule has 9 heteroatoms. The van der Waals surface area contributed by atoms with Crippen molar-refractivity contribution in [3.05, 3.63) is 40.2 Å². The number of carbonyl (C=O) groups is 3. The largest absolute Gasteiger partial charge is 0.484 e. The average molecular weight is 447 g/mol. The van der Waals surface area contributed by atoms with Crippen LogP contribution in [0.4, 0.5) is 0 Å². The van der Waals surface area contributed by atoms with Crippen molar-refractivity contribution in [2.45, 2.75) is 52.5 Å². The van der Waals surface area contributed by atoms with Gasteiger partial charge in [-0.05, 0) is 36.5 Å². The van der Waals surface area contributed by atoms with Crippen LogP contribution in [0.3, 0.4) is 0 Å². The van der Waals surface area contributed by atoms with Gasteiger partial charge in [-0.3, -0.25) is 9.59 Å². The highest BCUT2D eigenvalue weighted by Gasteiger charge is 2.25. The van der Waals surface area contributed by atoms with Gasteiger partial charge < -0.3 is 24.9 Å². The number of ether oxygens (including phenoxy) is 1. The molecule has 2 amide bonds. The van der Waals surface area contributed by atoms with Gasteiger partial charge in [-0.1, -0.05) is 33.6 Å². The number of fused-ring (bicyclic) bond motifs is 1. The van der Waals surface area contributed by atoms with E-state index in [0.29, 0.717) is 17.8 Å². The fourth-order valence-electron chi connectivity index (χ4n) is 3.16. The number of benzene rings is 1. The molecular weight excluding hydrogens is 416 g/mol. The van der Waals surface area contributed by atoms with Gasteiger partial charge in [-0.2, -0.15) is 0 Å². The lowest BCUT2D eigenvalue weighted by Crippen LogP contribution is -2.48. The first-order valence-corrected chi connectivity index (χ1v) is 10.7. The molecule has 0 bridgehead atoms. The number of hydrogen-bond donors (Lipinski definition) is 3. The molecule has 174 valence electrons. The summed E-state index contributed by atoms with van der Waals surface area (Å²) in [6.07, 6.45) is 3.31. The van der Waals surface area contributed by atoms with Crippen LogP contribution in [0.15, 0.2) is 33.5 Å². The van der Waals surface area contributed by atoms with Crippen molar-refractivity contribution in [3.63, 3.8) is 0 Å². The molecule has 0 aliphatic heterocycles. The predicted octanol–water partition coefficient (Wildman–Crippen LogP) is 2.25. The van der Waals surface area contributed by atoms with E-state index in [2.05, 4.69) is 17.6 Å². The molecule has 1 aromatic heterocycles. The van der Waals surface area contributed by atoms with Crippen LogP contribution in [0.1, 0.15) is 45.6 Å². The normalized spacial score (nSPS) is 12.7.